The first-order chi connectivity index (χ1) is 10.6. The zero-order chi connectivity index (χ0) is 15.7. The lowest BCUT2D eigenvalue weighted by molar-refractivity contribution is 0.475. The van der Waals surface area contributed by atoms with Crippen molar-refractivity contribution in [3.8, 4) is 27.6 Å². The summed E-state index contributed by atoms with van der Waals surface area (Å²) in [5.74, 6) is 0.273. The molecule has 0 saturated heterocycles. The number of phenolic OH excluding ortho intramolecular Hbond substituents is 1. The van der Waals surface area contributed by atoms with E-state index in [2.05, 4.69) is 10.3 Å². The number of nitrogen functional groups attached to an aromatic ring is 1. The minimum atomic E-state index is 0.0533. The highest BCUT2D eigenvalue weighted by atomic mass is 32.1. The molecule has 7 heteroatoms. The van der Waals surface area contributed by atoms with Crippen LogP contribution in [0, 0.1) is 5.41 Å². The van der Waals surface area contributed by atoms with Crippen molar-refractivity contribution in [2.24, 2.45) is 5.73 Å². The fourth-order valence-electron chi connectivity index (χ4n) is 2.06. The van der Waals surface area contributed by atoms with E-state index in [1.54, 1.807) is 18.2 Å². The van der Waals surface area contributed by atoms with Crippen molar-refractivity contribution in [2.45, 2.75) is 0 Å². The van der Waals surface area contributed by atoms with Crippen LogP contribution < -0.4 is 11.1 Å². The summed E-state index contributed by atoms with van der Waals surface area (Å²) in [6.07, 6.45) is 0. The van der Waals surface area contributed by atoms with E-state index < -0.39 is 0 Å². The molecule has 22 heavy (non-hydrogen) atoms. The smallest absolute Gasteiger partial charge is 0.133 e. The molecule has 0 atom stereocenters. The number of aromatic nitrogens is 1. The van der Waals surface area contributed by atoms with E-state index in [1.165, 1.54) is 22.7 Å². The molecule has 0 saturated carbocycles. The zero-order valence-corrected chi connectivity index (χ0v) is 13.4. The quantitative estimate of drug-likeness (QED) is 0.434. The van der Waals surface area contributed by atoms with Crippen molar-refractivity contribution in [1.29, 1.82) is 5.41 Å². The molecule has 2 heterocycles. The van der Waals surface area contributed by atoms with Crippen LogP contribution in [0.15, 0.2) is 35.7 Å². The average Bonchev–Trinajstić information content (AvgIpc) is 3.13. The Morgan fingerprint density at radius 1 is 1.36 bits per heavy atom. The SMILES string of the molecule is CNc1sc(C(=N)N)cc1-c1nc(-c2cccc(O)c2)cs1. The molecule has 0 bridgehead atoms. The number of thiophene rings is 1. The first-order valence-electron chi connectivity index (χ1n) is 6.49. The second kappa shape index (κ2) is 5.78. The van der Waals surface area contributed by atoms with E-state index in [0.29, 0.717) is 4.88 Å². The number of nitrogens with two attached hydrogens (primary N) is 1. The van der Waals surface area contributed by atoms with E-state index in [-0.39, 0.29) is 11.6 Å². The minimum Gasteiger partial charge on any atom is -0.508 e. The average molecular weight is 330 g/mol. The van der Waals surface area contributed by atoms with Crippen molar-refractivity contribution < 1.29 is 5.11 Å². The highest BCUT2D eigenvalue weighted by molar-refractivity contribution is 7.19. The van der Waals surface area contributed by atoms with Gasteiger partial charge in [0.2, 0.25) is 0 Å². The molecule has 2 aromatic heterocycles. The summed E-state index contributed by atoms with van der Waals surface area (Å²) in [5.41, 5.74) is 8.19. The molecule has 0 aliphatic carbocycles. The van der Waals surface area contributed by atoms with Crippen LogP contribution in [0.1, 0.15) is 4.88 Å². The molecule has 0 unspecified atom stereocenters. The van der Waals surface area contributed by atoms with E-state index >= 15 is 0 Å². The van der Waals surface area contributed by atoms with Gasteiger partial charge < -0.3 is 16.2 Å². The fourth-order valence-corrected chi connectivity index (χ4v) is 3.85. The number of nitrogens with zero attached hydrogens (tertiary/aromatic N) is 1. The Balaban J connectivity index is 2.02. The Labute approximate surface area is 135 Å². The first-order valence-corrected chi connectivity index (χ1v) is 8.19. The lowest BCUT2D eigenvalue weighted by Gasteiger charge is -1.99. The van der Waals surface area contributed by atoms with E-state index in [4.69, 9.17) is 11.1 Å². The Bertz CT molecular complexity index is 838. The van der Waals surface area contributed by atoms with Gasteiger partial charge in [-0.3, -0.25) is 5.41 Å². The molecule has 1 aromatic carbocycles. The molecular formula is C15H14N4OS2. The molecule has 0 radical (unpaired) electrons. The number of hydrogen-bond donors (Lipinski definition) is 4. The normalized spacial score (nSPS) is 10.6. The molecule has 3 aromatic rings. The van der Waals surface area contributed by atoms with Crippen molar-refractivity contribution >= 4 is 33.5 Å². The number of phenols is 1. The Kier molecular flexibility index (Phi) is 3.82. The van der Waals surface area contributed by atoms with Crippen molar-refractivity contribution in [3.05, 3.63) is 40.6 Å². The van der Waals surface area contributed by atoms with Crippen LogP contribution in [-0.4, -0.2) is 23.0 Å². The molecular weight excluding hydrogens is 316 g/mol. The molecule has 3 rings (SSSR count). The van der Waals surface area contributed by atoms with Gasteiger partial charge in [-0.25, -0.2) is 4.98 Å². The lowest BCUT2D eigenvalue weighted by Crippen LogP contribution is -2.08. The van der Waals surface area contributed by atoms with Gasteiger partial charge >= 0.3 is 0 Å². The van der Waals surface area contributed by atoms with Gasteiger partial charge in [0.1, 0.15) is 16.6 Å². The van der Waals surface area contributed by atoms with Gasteiger partial charge in [-0.15, -0.1) is 22.7 Å². The topological polar surface area (TPSA) is 95.0 Å². The molecule has 5 N–H and O–H groups in total. The van der Waals surface area contributed by atoms with Gasteiger partial charge in [-0.2, -0.15) is 0 Å². The van der Waals surface area contributed by atoms with E-state index in [1.807, 2.05) is 24.6 Å². The number of amidine groups is 1. The summed E-state index contributed by atoms with van der Waals surface area (Å²) in [4.78, 5) is 5.35. The third-order valence-electron chi connectivity index (χ3n) is 3.10. The van der Waals surface area contributed by atoms with Crippen LogP contribution in [0.25, 0.3) is 21.8 Å². The van der Waals surface area contributed by atoms with Gasteiger partial charge in [0.15, 0.2) is 0 Å². The molecule has 0 amide bonds. The second-order valence-corrected chi connectivity index (χ2v) is 6.52. The van der Waals surface area contributed by atoms with Crippen molar-refractivity contribution in [1.82, 2.24) is 4.98 Å². The Hall–Kier alpha value is -2.38. The Morgan fingerprint density at radius 2 is 2.18 bits per heavy atom. The Morgan fingerprint density at radius 3 is 2.86 bits per heavy atom. The lowest BCUT2D eigenvalue weighted by atomic mass is 10.1. The molecule has 0 aliphatic rings. The van der Waals surface area contributed by atoms with Gasteiger partial charge in [-0.1, -0.05) is 12.1 Å². The van der Waals surface area contributed by atoms with Crippen molar-refractivity contribution in [3.63, 3.8) is 0 Å². The summed E-state index contributed by atoms with van der Waals surface area (Å²) in [6.45, 7) is 0. The third kappa shape index (κ3) is 2.68. The zero-order valence-electron chi connectivity index (χ0n) is 11.8. The minimum absolute atomic E-state index is 0.0533. The van der Waals surface area contributed by atoms with Crippen LogP contribution in [-0.2, 0) is 0 Å². The summed E-state index contributed by atoms with van der Waals surface area (Å²) < 4.78 is 0. The van der Waals surface area contributed by atoms with Gasteiger partial charge in [0.25, 0.3) is 0 Å². The highest BCUT2D eigenvalue weighted by Gasteiger charge is 2.15. The summed E-state index contributed by atoms with van der Waals surface area (Å²) in [6, 6.07) is 8.90. The standard InChI is InChI=1S/C15H14N4OS2/c1-18-14-10(6-12(22-14)13(16)17)15-19-11(7-21-15)8-3-2-4-9(20)5-8/h2-7,18,20H,1H3,(H3,16,17). The first kappa shape index (κ1) is 14.6. The maximum atomic E-state index is 9.57. The maximum Gasteiger partial charge on any atom is 0.133 e. The predicted octanol–water partition coefficient (Wildman–Crippen LogP) is 3.57. The summed E-state index contributed by atoms with van der Waals surface area (Å²) >= 11 is 2.96. The van der Waals surface area contributed by atoms with Crippen LogP contribution in [0.2, 0.25) is 0 Å². The molecule has 5 nitrogen and oxygen atoms in total. The third-order valence-corrected chi connectivity index (χ3v) is 5.16. The van der Waals surface area contributed by atoms with Crippen LogP contribution >= 0.6 is 22.7 Å². The van der Waals surface area contributed by atoms with Crippen LogP contribution in [0.3, 0.4) is 0 Å². The molecule has 0 spiro atoms. The van der Waals surface area contributed by atoms with E-state index in [9.17, 15) is 5.11 Å². The van der Waals surface area contributed by atoms with Crippen molar-refractivity contribution in [2.75, 3.05) is 12.4 Å². The summed E-state index contributed by atoms with van der Waals surface area (Å²) in [5, 5.41) is 24.0. The predicted molar refractivity (Wildman–Crippen MR) is 93.1 cm³/mol. The number of anilines is 1. The number of benzene rings is 1. The number of nitrogens with one attached hydrogen (secondary N) is 2. The van der Waals surface area contributed by atoms with E-state index in [0.717, 1.165) is 26.8 Å². The number of aromatic hydroxyl groups is 1. The number of hydrogen-bond acceptors (Lipinski definition) is 6. The van der Waals surface area contributed by atoms with Gasteiger partial charge in [0.05, 0.1) is 15.6 Å². The monoisotopic (exact) mass is 330 g/mol. The molecule has 0 aliphatic heterocycles. The number of thiazole rings is 1. The highest BCUT2D eigenvalue weighted by Crippen LogP contribution is 2.39. The largest absolute Gasteiger partial charge is 0.508 e. The second-order valence-electron chi connectivity index (χ2n) is 4.61. The van der Waals surface area contributed by atoms with Gasteiger partial charge in [-0.05, 0) is 18.2 Å². The number of rotatable bonds is 4. The van der Waals surface area contributed by atoms with Gasteiger partial charge in [0, 0.05) is 23.6 Å². The molecule has 0 fully saturated rings. The fraction of sp³-hybridized carbons (Fsp3) is 0.0667. The van der Waals surface area contributed by atoms with Crippen LogP contribution in [0.4, 0.5) is 5.00 Å². The molecule has 112 valence electrons. The van der Waals surface area contributed by atoms with Crippen LogP contribution in [0.5, 0.6) is 5.75 Å². The maximum absolute atomic E-state index is 9.57. The summed E-state index contributed by atoms with van der Waals surface area (Å²) in [7, 11) is 1.84.